The van der Waals surface area contributed by atoms with E-state index in [1.165, 1.54) is 0 Å². The molecule has 3 amide bonds. The monoisotopic (exact) mass is 293 g/mol. The SMILES string of the molecule is CC(C)NC(=O)NCc1ccc2c(c1)NC(=O)C(C)S2. The molecule has 1 atom stereocenters. The lowest BCUT2D eigenvalue weighted by Gasteiger charge is -2.22. The van der Waals surface area contributed by atoms with Crippen LogP contribution < -0.4 is 16.0 Å². The van der Waals surface area contributed by atoms with Gasteiger partial charge in [-0.05, 0) is 38.5 Å². The van der Waals surface area contributed by atoms with Gasteiger partial charge in [-0.1, -0.05) is 6.07 Å². The lowest BCUT2D eigenvalue weighted by molar-refractivity contribution is -0.115. The number of carbonyl (C=O) groups is 2. The van der Waals surface area contributed by atoms with E-state index in [0.29, 0.717) is 6.54 Å². The smallest absolute Gasteiger partial charge is 0.315 e. The van der Waals surface area contributed by atoms with Crippen LogP contribution in [0.25, 0.3) is 0 Å². The van der Waals surface area contributed by atoms with Gasteiger partial charge in [-0.15, -0.1) is 11.8 Å². The Hall–Kier alpha value is -1.69. The van der Waals surface area contributed by atoms with Crippen LogP contribution in [0, 0.1) is 0 Å². The van der Waals surface area contributed by atoms with Crippen LogP contribution in [0.4, 0.5) is 10.5 Å². The third kappa shape index (κ3) is 3.66. The van der Waals surface area contributed by atoms with Gasteiger partial charge in [0.05, 0.1) is 10.9 Å². The van der Waals surface area contributed by atoms with Crippen LogP contribution in [0.2, 0.25) is 0 Å². The average molecular weight is 293 g/mol. The normalized spacial score (nSPS) is 17.4. The van der Waals surface area contributed by atoms with E-state index in [1.54, 1.807) is 11.8 Å². The van der Waals surface area contributed by atoms with E-state index in [9.17, 15) is 9.59 Å². The van der Waals surface area contributed by atoms with Gasteiger partial charge in [-0.25, -0.2) is 4.79 Å². The standard InChI is InChI=1S/C14H19N3O2S/c1-8(2)16-14(19)15-7-10-4-5-12-11(6-10)17-13(18)9(3)20-12/h4-6,8-9H,7H2,1-3H3,(H,17,18)(H2,15,16,19). The quantitative estimate of drug-likeness (QED) is 0.801. The van der Waals surface area contributed by atoms with Crippen LogP contribution in [-0.2, 0) is 11.3 Å². The second kappa shape index (κ2) is 6.17. The summed E-state index contributed by atoms with van der Waals surface area (Å²) in [5, 5.41) is 8.37. The summed E-state index contributed by atoms with van der Waals surface area (Å²) in [4.78, 5) is 24.2. The van der Waals surface area contributed by atoms with Crippen molar-refractivity contribution in [3.63, 3.8) is 0 Å². The van der Waals surface area contributed by atoms with E-state index in [-0.39, 0.29) is 23.2 Å². The molecule has 1 aromatic rings. The van der Waals surface area contributed by atoms with Gasteiger partial charge >= 0.3 is 6.03 Å². The fourth-order valence-corrected chi connectivity index (χ4v) is 2.79. The van der Waals surface area contributed by atoms with E-state index in [4.69, 9.17) is 0 Å². The van der Waals surface area contributed by atoms with E-state index in [0.717, 1.165) is 16.1 Å². The first-order valence-corrected chi connectivity index (χ1v) is 7.48. The first-order valence-electron chi connectivity index (χ1n) is 6.60. The van der Waals surface area contributed by atoms with Crippen molar-refractivity contribution in [2.75, 3.05) is 5.32 Å². The van der Waals surface area contributed by atoms with Crippen molar-refractivity contribution in [2.24, 2.45) is 0 Å². The summed E-state index contributed by atoms with van der Waals surface area (Å²) in [7, 11) is 0. The number of urea groups is 1. The minimum atomic E-state index is -0.190. The van der Waals surface area contributed by atoms with Gasteiger partial charge in [0, 0.05) is 17.5 Å². The highest BCUT2D eigenvalue weighted by atomic mass is 32.2. The summed E-state index contributed by atoms with van der Waals surface area (Å²) in [6.07, 6.45) is 0. The van der Waals surface area contributed by atoms with E-state index in [1.807, 2.05) is 39.0 Å². The molecule has 5 nitrogen and oxygen atoms in total. The molecule has 0 spiro atoms. The van der Waals surface area contributed by atoms with Crippen molar-refractivity contribution >= 4 is 29.4 Å². The number of hydrogen-bond acceptors (Lipinski definition) is 3. The number of benzene rings is 1. The maximum atomic E-state index is 11.6. The summed E-state index contributed by atoms with van der Waals surface area (Å²) >= 11 is 1.55. The molecule has 20 heavy (non-hydrogen) atoms. The summed E-state index contributed by atoms with van der Waals surface area (Å²) in [6.45, 7) is 6.13. The van der Waals surface area contributed by atoms with Crippen molar-refractivity contribution in [2.45, 2.75) is 43.5 Å². The molecule has 0 saturated heterocycles. The Morgan fingerprint density at radius 1 is 1.45 bits per heavy atom. The molecule has 0 aliphatic carbocycles. The lowest BCUT2D eigenvalue weighted by Crippen LogP contribution is -2.39. The Labute approximate surface area is 122 Å². The highest BCUT2D eigenvalue weighted by molar-refractivity contribution is 8.00. The summed E-state index contributed by atoms with van der Waals surface area (Å²) in [5.41, 5.74) is 1.78. The zero-order chi connectivity index (χ0) is 14.7. The van der Waals surface area contributed by atoms with Gasteiger partial charge in [-0.2, -0.15) is 0 Å². The minimum Gasteiger partial charge on any atom is -0.336 e. The third-order valence-electron chi connectivity index (χ3n) is 2.85. The Morgan fingerprint density at radius 2 is 2.20 bits per heavy atom. The van der Waals surface area contributed by atoms with Crippen LogP contribution in [0.5, 0.6) is 0 Å². The Kier molecular flexibility index (Phi) is 4.54. The zero-order valence-corrected chi connectivity index (χ0v) is 12.6. The number of rotatable bonds is 3. The number of anilines is 1. The van der Waals surface area contributed by atoms with Gasteiger partial charge < -0.3 is 16.0 Å². The molecule has 0 bridgehead atoms. The van der Waals surface area contributed by atoms with Crippen molar-refractivity contribution in [3.05, 3.63) is 23.8 Å². The predicted molar refractivity (Wildman–Crippen MR) is 80.9 cm³/mol. The molecule has 1 heterocycles. The molecule has 1 aromatic carbocycles. The summed E-state index contributed by atoms with van der Waals surface area (Å²) in [5.74, 6) is 0.0187. The second-order valence-corrected chi connectivity index (χ2v) is 6.44. The summed E-state index contributed by atoms with van der Waals surface area (Å²) < 4.78 is 0. The van der Waals surface area contributed by atoms with Crippen LogP contribution in [0.3, 0.4) is 0 Å². The maximum absolute atomic E-state index is 11.6. The largest absolute Gasteiger partial charge is 0.336 e. The van der Waals surface area contributed by atoms with Gasteiger partial charge in [0.25, 0.3) is 0 Å². The molecule has 0 saturated carbocycles. The highest BCUT2D eigenvalue weighted by Crippen LogP contribution is 2.35. The molecule has 3 N–H and O–H groups in total. The fraction of sp³-hybridized carbons (Fsp3) is 0.429. The van der Waals surface area contributed by atoms with Gasteiger partial charge in [0.15, 0.2) is 0 Å². The topological polar surface area (TPSA) is 70.2 Å². The molecule has 1 unspecified atom stereocenters. The first-order chi connectivity index (χ1) is 9.45. The number of carbonyl (C=O) groups excluding carboxylic acids is 2. The molecule has 6 heteroatoms. The van der Waals surface area contributed by atoms with E-state index in [2.05, 4.69) is 16.0 Å². The number of thioether (sulfide) groups is 1. The molecule has 0 fully saturated rings. The molecule has 1 aliphatic heterocycles. The van der Waals surface area contributed by atoms with Crippen LogP contribution >= 0.6 is 11.8 Å². The second-order valence-electron chi connectivity index (χ2n) is 5.06. The van der Waals surface area contributed by atoms with Crippen LogP contribution in [0.15, 0.2) is 23.1 Å². The maximum Gasteiger partial charge on any atom is 0.315 e. The van der Waals surface area contributed by atoms with Crippen molar-refractivity contribution in [1.82, 2.24) is 10.6 Å². The Bertz CT molecular complexity index is 531. The van der Waals surface area contributed by atoms with Gasteiger partial charge in [0.1, 0.15) is 0 Å². The molecule has 0 aromatic heterocycles. The molecular formula is C14H19N3O2S. The molecule has 2 rings (SSSR count). The third-order valence-corrected chi connectivity index (χ3v) is 4.03. The van der Waals surface area contributed by atoms with Crippen LogP contribution in [0.1, 0.15) is 26.3 Å². The number of hydrogen-bond donors (Lipinski definition) is 3. The fourth-order valence-electron chi connectivity index (χ4n) is 1.86. The average Bonchev–Trinajstić information content (AvgIpc) is 2.37. The van der Waals surface area contributed by atoms with E-state index < -0.39 is 0 Å². The Balaban J connectivity index is 1.99. The number of amides is 3. The highest BCUT2D eigenvalue weighted by Gasteiger charge is 2.22. The molecular weight excluding hydrogens is 274 g/mol. The minimum absolute atomic E-state index is 0.0187. The zero-order valence-electron chi connectivity index (χ0n) is 11.8. The van der Waals surface area contributed by atoms with E-state index >= 15 is 0 Å². The van der Waals surface area contributed by atoms with Crippen molar-refractivity contribution < 1.29 is 9.59 Å². The van der Waals surface area contributed by atoms with Gasteiger partial charge in [-0.3, -0.25) is 4.79 Å². The Morgan fingerprint density at radius 3 is 2.90 bits per heavy atom. The van der Waals surface area contributed by atoms with Gasteiger partial charge in [0.2, 0.25) is 5.91 Å². The summed E-state index contributed by atoms with van der Waals surface area (Å²) in [6, 6.07) is 5.77. The number of nitrogens with one attached hydrogen (secondary N) is 3. The molecule has 0 radical (unpaired) electrons. The van der Waals surface area contributed by atoms with Crippen molar-refractivity contribution in [1.29, 1.82) is 0 Å². The lowest BCUT2D eigenvalue weighted by atomic mass is 10.2. The first kappa shape index (κ1) is 14.7. The van der Waals surface area contributed by atoms with Crippen LogP contribution in [-0.4, -0.2) is 23.2 Å². The number of fused-ring (bicyclic) bond motifs is 1. The predicted octanol–water partition coefficient (Wildman–Crippen LogP) is 2.33. The molecule has 1 aliphatic rings. The van der Waals surface area contributed by atoms with Crippen molar-refractivity contribution in [3.8, 4) is 0 Å². The molecule has 108 valence electrons.